The Hall–Kier alpha value is -2.12. The highest BCUT2D eigenvalue weighted by atomic mass is 19.4. The van der Waals surface area contributed by atoms with Gasteiger partial charge < -0.3 is 10.4 Å². The van der Waals surface area contributed by atoms with Crippen molar-refractivity contribution in [3.63, 3.8) is 0 Å². The van der Waals surface area contributed by atoms with E-state index in [0.29, 0.717) is 5.56 Å². The lowest BCUT2D eigenvalue weighted by molar-refractivity contribution is -0.160. The summed E-state index contributed by atoms with van der Waals surface area (Å²) < 4.78 is 49.8. The second kappa shape index (κ2) is 6.33. The summed E-state index contributed by atoms with van der Waals surface area (Å²) in [5.74, 6) is -3.20. The number of carboxylic acid groups (broad SMARTS) is 1. The third kappa shape index (κ3) is 4.71. The summed E-state index contributed by atoms with van der Waals surface area (Å²) in [6.45, 7) is 2.81. The second-order valence-corrected chi connectivity index (χ2v) is 5.32. The lowest BCUT2D eigenvalue weighted by Gasteiger charge is -2.26. The standard InChI is InChI=1S/C14H15F4NO3/c1-13(2,8-3-5-9(15)6-4-8)12(22)19-10(11(20)21)7-14(16,17)18/h3-6,10H,7H2,1-2H3,(H,19,22)(H,20,21). The predicted octanol–water partition coefficient (Wildman–Crippen LogP) is 2.63. The van der Waals surface area contributed by atoms with Gasteiger partial charge in [-0.2, -0.15) is 13.2 Å². The van der Waals surface area contributed by atoms with Crippen molar-refractivity contribution in [2.75, 3.05) is 0 Å². The van der Waals surface area contributed by atoms with E-state index in [2.05, 4.69) is 0 Å². The Morgan fingerprint density at radius 3 is 2.09 bits per heavy atom. The van der Waals surface area contributed by atoms with E-state index in [1.54, 1.807) is 0 Å². The number of hydrogen-bond acceptors (Lipinski definition) is 2. The fourth-order valence-electron chi connectivity index (χ4n) is 1.77. The van der Waals surface area contributed by atoms with E-state index < -0.39 is 41.7 Å². The first kappa shape index (κ1) is 17.9. The Kier molecular flexibility index (Phi) is 5.16. The first-order valence-corrected chi connectivity index (χ1v) is 6.30. The molecule has 1 aromatic rings. The Morgan fingerprint density at radius 1 is 1.18 bits per heavy atom. The topological polar surface area (TPSA) is 66.4 Å². The molecular formula is C14H15F4NO3. The highest BCUT2D eigenvalue weighted by molar-refractivity contribution is 5.90. The molecule has 0 aliphatic heterocycles. The molecule has 2 N–H and O–H groups in total. The van der Waals surface area contributed by atoms with Crippen molar-refractivity contribution in [3.8, 4) is 0 Å². The predicted molar refractivity (Wildman–Crippen MR) is 69.7 cm³/mol. The average Bonchev–Trinajstić information content (AvgIpc) is 2.36. The van der Waals surface area contributed by atoms with Crippen LogP contribution in [0.3, 0.4) is 0 Å². The van der Waals surface area contributed by atoms with Crippen molar-refractivity contribution in [1.29, 1.82) is 0 Å². The fraction of sp³-hybridized carbons (Fsp3) is 0.429. The van der Waals surface area contributed by atoms with E-state index in [9.17, 15) is 27.2 Å². The van der Waals surface area contributed by atoms with E-state index in [-0.39, 0.29) is 0 Å². The molecule has 0 aliphatic rings. The van der Waals surface area contributed by atoms with Crippen LogP contribution >= 0.6 is 0 Å². The number of halogens is 4. The lowest BCUT2D eigenvalue weighted by atomic mass is 9.83. The molecule has 4 nitrogen and oxygen atoms in total. The zero-order chi connectivity index (χ0) is 17.1. The maximum atomic E-state index is 12.9. The molecule has 0 aliphatic carbocycles. The van der Waals surface area contributed by atoms with Gasteiger partial charge in [0.15, 0.2) is 0 Å². The van der Waals surface area contributed by atoms with Crippen LogP contribution in [0.15, 0.2) is 24.3 Å². The van der Waals surface area contributed by atoms with Crippen LogP contribution in [0.5, 0.6) is 0 Å². The van der Waals surface area contributed by atoms with Crippen LogP contribution in [0, 0.1) is 5.82 Å². The van der Waals surface area contributed by atoms with Gasteiger partial charge in [-0.05, 0) is 31.5 Å². The van der Waals surface area contributed by atoms with Crippen LogP contribution < -0.4 is 5.32 Å². The summed E-state index contributed by atoms with van der Waals surface area (Å²) in [6.07, 6.45) is -6.40. The molecule has 0 bridgehead atoms. The number of carbonyl (C=O) groups excluding carboxylic acids is 1. The van der Waals surface area contributed by atoms with Crippen molar-refractivity contribution < 1.29 is 32.3 Å². The van der Waals surface area contributed by atoms with Crippen LogP contribution in [0.1, 0.15) is 25.8 Å². The van der Waals surface area contributed by atoms with Gasteiger partial charge in [-0.25, -0.2) is 9.18 Å². The van der Waals surface area contributed by atoms with Crippen molar-refractivity contribution in [2.24, 2.45) is 0 Å². The summed E-state index contributed by atoms with van der Waals surface area (Å²) in [6, 6.07) is 2.76. The minimum Gasteiger partial charge on any atom is -0.480 e. The smallest absolute Gasteiger partial charge is 0.391 e. The number of rotatable bonds is 5. The molecule has 8 heteroatoms. The number of nitrogens with one attached hydrogen (secondary N) is 1. The van der Waals surface area contributed by atoms with Crippen molar-refractivity contribution in [1.82, 2.24) is 5.32 Å². The molecule has 0 saturated heterocycles. The maximum Gasteiger partial charge on any atom is 0.391 e. The number of carboxylic acids is 1. The highest BCUT2D eigenvalue weighted by Gasteiger charge is 2.39. The minimum absolute atomic E-state index is 0.350. The molecule has 0 spiro atoms. The first-order valence-electron chi connectivity index (χ1n) is 6.30. The van der Waals surface area contributed by atoms with Gasteiger partial charge >= 0.3 is 12.1 Å². The molecule has 1 aromatic carbocycles. The molecule has 0 heterocycles. The molecule has 0 saturated carbocycles. The van der Waals surface area contributed by atoms with Crippen LogP contribution in [-0.2, 0) is 15.0 Å². The van der Waals surface area contributed by atoms with E-state index in [1.807, 2.05) is 5.32 Å². The summed E-state index contributed by atoms with van der Waals surface area (Å²) in [7, 11) is 0. The SMILES string of the molecule is CC(C)(C(=O)NC(CC(F)(F)F)C(=O)O)c1ccc(F)cc1. The van der Waals surface area contributed by atoms with Crippen LogP contribution in [-0.4, -0.2) is 29.2 Å². The quantitative estimate of drug-likeness (QED) is 0.819. The summed E-state index contributed by atoms with van der Waals surface area (Å²) in [5, 5.41) is 10.7. The molecule has 22 heavy (non-hydrogen) atoms. The minimum atomic E-state index is -4.73. The van der Waals surface area contributed by atoms with Gasteiger partial charge in [0.25, 0.3) is 0 Å². The van der Waals surface area contributed by atoms with Gasteiger partial charge in [-0.3, -0.25) is 4.79 Å². The van der Waals surface area contributed by atoms with E-state index in [4.69, 9.17) is 5.11 Å². The number of hydrogen-bond donors (Lipinski definition) is 2. The number of carbonyl (C=O) groups is 2. The first-order chi connectivity index (χ1) is 9.93. The van der Waals surface area contributed by atoms with Gasteiger partial charge in [0.1, 0.15) is 11.9 Å². The fourth-order valence-corrected chi connectivity index (χ4v) is 1.77. The van der Waals surface area contributed by atoms with Crippen LogP contribution in [0.4, 0.5) is 17.6 Å². The molecule has 1 rings (SSSR count). The molecular weight excluding hydrogens is 306 g/mol. The number of benzene rings is 1. The van der Waals surface area contributed by atoms with Crippen LogP contribution in [0.2, 0.25) is 0 Å². The average molecular weight is 321 g/mol. The largest absolute Gasteiger partial charge is 0.480 e. The molecule has 1 amide bonds. The van der Waals surface area contributed by atoms with Crippen molar-refractivity contribution >= 4 is 11.9 Å². The maximum absolute atomic E-state index is 12.9. The zero-order valence-electron chi connectivity index (χ0n) is 11.9. The van der Waals surface area contributed by atoms with E-state index >= 15 is 0 Å². The molecule has 1 atom stereocenters. The molecule has 122 valence electrons. The van der Waals surface area contributed by atoms with Gasteiger partial charge in [0.05, 0.1) is 11.8 Å². The van der Waals surface area contributed by atoms with Gasteiger partial charge in [0, 0.05) is 0 Å². The summed E-state index contributed by atoms with van der Waals surface area (Å²) >= 11 is 0. The molecule has 0 radical (unpaired) electrons. The van der Waals surface area contributed by atoms with Gasteiger partial charge in [-0.1, -0.05) is 12.1 Å². The van der Waals surface area contributed by atoms with Crippen molar-refractivity contribution in [2.45, 2.75) is 37.9 Å². The molecule has 0 fully saturated rings. The normalized spacial score (nSPS) is 13.5. The Morgan fingerprint density at radius 2 is 1.68 bits per heavy atom. The Bertz CT molecular complexity index is 552. The third-order valence-corrected chi connectivity index (χ3v) is 3.17. The van der Waals surface area contributed by atoms with Gasteiger partial charge in [0.2, 0.25) is 5.91 Å². The number of alkyl halides is 3. The van der Waals surface area contributed by atoms with E-state index in [1.165, 1.54) is 26.0 Å². The second-order valence-electron chi connectivity index (χ2n) is 5.32. The van der Waals surface area contributed by atoms with Gasteiger partial charge in [-0.15, -0.1) is 0 Å². The number of amides is 1. The van der Waals surface area contributed by atoms with Crippen LogP contribution in [0.25, 0.3) is 0 Å². The summed E-state index contributed by atoms with van der Waals surface area (Å²) in [5.41, 5.74) is -0.963. The Balaban J connectivity index is 2.92. The third-order valence-electron chi connectivity index (χ3n) is 3.17. The van der Waals surface area contributed by atoms with Crippen molar-refractivity contribution in [3.05, 3.63) is 35.6 Å². The molecule has 1 unspecified atom stereocenters. The zero-order valence-corrected chi connectivity index (χ0v) is 11.9. The van der Waals surface area contributed by atoms with E-state index in [0.717, 1.165) is 12.1 Å². The lowest BCUT2D eigenvalue weighted by Crippen LogP contribution is -2.49. The monoisotopic (exact) mass is 321 g/mol. The summed E-state index contributed by atoms with van der Waals surface area (Å²) in [4.78, 5) is 23.0. The molecule has 0 aromatic heterocycles. The number of aliphatic carboxylic acids is 1. The Labute approximate surface area is 124 Å². The highest BCUT2D eigenvalue weighted by Crippen LogP contribution is 2.26.